The molecular formula is C17H15Cl2N3. The van der Waals surface area contributed by atoms with Gasteiger partial charge in [0.2, 0.25) is 0 Å². The molecule has 2 N–H and O–H groups in total. The van der Waals surface area contributed by atoms with Crippen molar-refractivity contribution >= 4 is 28.9 Å². The second kappa shape index (κ2) is 6.86. The average Bonchev–Trinajstić information content (AvgIpc) is 3.01. The Morgan fingerprint density at radius 3 is 2.68 bits per heavy atom. The molecule has 3 nitrogen and oxygen atoms in total. The molecular weight excluding hydrogens is 317 g/mol. The number of imidazole rings is 1. The van der Waals surface area contributed by atoms with Crippen LogP contribution in [-0.2, 0) is 13.0 Å². The molecule has 0 unspecified atom stereocenters. The molecule has 0 spiro atoms. The van der Waals surface area contributed by atoms with Crippen LogP contribution in [0.25, 0.3) is 0 Å². The number of H-pyrrole nitrogens is 1. The zero-order valence-corrected chi connectivity index (χ0v) is 13.3. The van der Waals surface area contributed by atoms with Gasteiger partial charge < -0.3 is 10.3 Å². The Morgan fingerprint density at radius 1 is 1.05 bits per heavy atom. The molecule has 2 aromatic carbocycles. The van der Waals surface area contributed by atoms with Crippen molar-refractivity contribution in [3.8, 4) is 0 Å². The third-order valence-corrected chi connectivity index (χ3v) is 4.00. The van der Waals surface area contributed by atoms with E-state index in [9.17, 15) is 0 Å². The smallest absolute Gasteiger partial charge is 0.110 e. The molecule has 22 heavy (non-hydrogen) atoms. The van der Waals surface area contributed by atoms with Crippen LogP contribution in [0.5, 0.6) is 0 Å². The minimum atomic E-state index is 0.644. The fourth-order valence-corrected chi connectivity index (χ4v) is 2.75. The molecule has 1 heterocycles. The zero-order valence-electron chi connectivity index (χ0n) is 11.8. The van der Waals surface area contributed by atoms with Gasteiger partial charge in [0.1, 0.15) is 5.82 Å². The van der Waals surface area contributed by atoms with Gasteiger partial charge in [0, 0.05) is 41.1 Å². The lowest BCUT2D eigenvalue weighted by atomic mass is 10.1. The average molecular weight is 332 g/mol. The third kappa shape index (κ3) is 3.62. The first-order valence-electron chi connectivity index (χ1n) is 6.96. The molecule has 5 heteroatoms. The first kappa shape index (κ1) is 14.9. The van der Waals surface area contributed by atoms with Gasteiger partial charge in [0.25, 0.3) is 0 Å². The highest BCUT2D eigenvalue weighted by atomic mass is 35.5. The van der Waals surface area contributed by atoms with Crippen LogP contribution in [0.3, 0.4) is 0 Å². The van der Waals surface area contributed by atoms with Gasteiger partial charge in [0.05, 0.1) is 0 Å². The lowest BCUT2D eigenvalue weighted by molar-refractivity contribution is 1.02. The Hall–Kier alpha value is -1.97. The summed E-state index contributed by atoms with van der Waals surface area (Å²) in [6.07, 6.45) is 4.35. The normalized spacial score (nSPS) is 10.6. The summed E-state index contributed by atoms with van der Waals surface area (Å²) in [5.74, 6) is 0.943. The molecule has 0 bridgehead atoms. The predicted molar refractivity (Wildman–Crippen MR) is 91.6 cm³/mol. The van der Waals surface area contributed by atoms with Gasteiger partial charge in [-0.25, -0.2) is 4.98 Å². The number of anilines is 1. The van der Waals surface area contributed by atoms with E-state index in [4.69, 9.17) is 23.2 Å². The number of halogens is 2. The van der Waals surface area contributed by atoms with Crippen LogP contribution >= 0.6 is 23.2 Å². The van der Waals surface area contributed by atoms with Gasteiger partial charge >= 0.3 is 0 Å². The number of aromatic nitrogens is 2. The van der Waals surface area contributed by atoms with Crippen LogP contribution < -0.4 is 5.32 Å². The van der Waals surface area contributed by atoms with Crippen LogP contribution in [0.1, 0.15) is 17.0 Å². The molecule has 0 saturated carbocycles. The first-order chi connectivity index (χ1) is 10.7. The van der Waals surface area contributed by atoms with E-state index in [0.717, 1.165) is 23.5 Å². The van der Waals surface area contributed by atoms with E-state index in [1.165, 1.54) is 5.56 Å². The summed E-state index contributed by atoms with van der Waals surface area (Å²) in [5.41, 5.74) is 3.27. The van der Waals surface area contributed by atoms with E-state index in [-0.39, 0.29) is 0 Å². The van der Waals surface area contributed by atoms with Crippen molar-refractivity contribution in [2.24, 2.45) is 0 Å². The molecule has 0 amide bonds. The number of aromatic amines is 1. The second-order valence-electron chi connectivity index (χ2n) is 4.96. The first-order valence-corrected chi connectivity index (χ1v) is 7.72. The standard InChI is InChI=1S/C17H15Cl2N3/c18-14-6-5-13(15(19)10-14)11-22-16-4-2-1-3-12(16)9-17-20-7-8-21-17/h1-8,10,22H,9,11H2,(H,20,21). The van der Waals surface area contributed by atoms with E-state index in [1.807, 2.05) is 30.5 Å². The second-order valence-corrected chi connectivity index (χ2v) is 5.80. The van der Waals surface area contributed by atoms with Crippen molar-refractivity contribution in [2.75, 3.05) is 5.32 Å². The summed E-state index contributed by atoms with van der Waals surface area (Å²) in [6.45, 7) is 0.644. The SMILES string of the molecule is Clc1ccc(CNc2ccccc2Cc2ncc[nH]2)c(Cl)c1. The van der Waals surface area contributed by atoms with Gasteiger partial charge in [-0.05, 0) is 29.3 Å². The van der Waals surface area contributed by atoms with Crippen molar-refractivity contribution < 1.29 is 0 Å². The molecule has 0 atom stereocenters. The topological polar surface area (TPSA) is 40.7 Å². The highest BCUT2D eigenvalue weighted by molar-refractivity contribution is 6.35. The number of hydrogen-bond donors (Lipinski definition) is 2. The lowest BCUT2D eigenvalue weighted by Gasteiger charge is -2.12. The minimum Gasteiger partial charge on any atom is -0.381 e. The van der Waals surface area contributed by atoms with Crippen molar-refractivity contribution in [3.63, 3.8) is 0 Å². The van der Waals surface area contributed by atoms with Crippen molar-refractivity contribution in [3.05, 3.63) is 81.9 Å². The fourth-order valence-electron chi connectivity index (χ4n) is 2.28. The van der Waals surface area contributed by atoms with E-state index in [1.54, 1.807) is 12.3 Å². The largest absolute Gasteiger partial charge is 0.381 e. The van der Waals surface area contributed by atoms with Gasteiger partial charge in [0.15, 0.2) is 0 Å². The maximum atomic E-state index is 6.21. The molecule has 0 aliphatic rings. The summed E-state index contributed by atoms with van der Waals surface area (Å²) in [7, 11) is 0. The number of benzene rings is 2. The summed E-state index contributed by atoms with van der Waals surface area (Å²) in [5, 5.41) is 4.75. The molecule has 1 aromatic heterocycles. The Bertz CT molecular complexity index is 754. The van der Waals surface area contributed by atoms with Gasteiger partial charge in [-0.15, -0.1) is 0 Å². The molecule has 0 radical (unpaired) electrons. The Kier molecular flexibility index (Phi) is 4.66. The number of para-hydroxylation sites is 1. The number of rotatable bonds is 5. The van der Waals surface area contributed by atoms with E-state index in [2.05, 4.69) is 27.4 Å². The lowest BCUT2D eigenvalue weighted by Crippen LogP contribution is -2.04. The molecule has 112 valence electrons. The highest BCUT2D eigenvalue weighted by Gasteiger charge is 2.06. The molecule has 0 aliphatic carbocycles. The number of nitrogens with zero attached hydrogens (tertiary/aromatic N) is 1. The predicted octanol–water partition coefficient (Wildman–Crippen LogP) is 4.92. The molecule has 0 fully saturated rings. The van der Waals surface area contributed by atoms with Crippen LogP contribution in [0, 0.1) is 0 Å². The third-order valence-electron chi connectivity index (χ3n) is 3.41. The number of hydrogen-bond acceptors (Lipinski definition) is 2. The fraction of sp³-hybridized carbons (Fsp3) is 0.118. The van der Waals surface area contributed by atoms with Crippen LogP contribution in [0.15, 0.2) is 54.9 Å². The van der Waals surface area contributed by atoms with Crippen molar-refractivity contribution in [1.29, 1.82) is 0 Å². The maximum absolute atomic E-state index is 6.21. The minimum absolute atomic E-state index is 0.644. The summed E-state index contributed by atoms with van der Waals surface area (Å²) in [4.78, 5) is 7.40. The van der Waals surface area contributed by atoms with Gasteiger partial charge in [-0.2, -0.15) is 0 Å². The quantitative estimate of drug-likeness (QED) is 0.696. The maximum Gasteiger partial charge on any atom is 0.110 e. The van der Waals surface area contributed by atoms with Crippen LogP contribution in [0.4, 0.5) is 5.69 Å². The van der Waals surface area contributed by atoms with Crippen LogP contribution in [0.2, 0.25) is 10.0 Å². The van der Waals surface area contributed by atoms with Crippen LogP contribution in [-0.4, -0.2) is 9.97 Å². The van der Waals surface area contributed by atoms with E-state index < -0.39 is 0 Å². The number of nitrogens with one attached hydrogen (secondary N) is 2. The van der Waals surface area contributed by atoms with E-state index >= 15 is 0 Å². The monoisotopic (exact) mass is 331 g/mol. The van der Waals surface area contributed by atoms with Crippen molar-refractivity contribution in [2.45, 2.75) is 13.0 Å². The summed E-state index contributed by atoms with van der Waals surface area (Å²) >= 11 is 12.1. The van der Waals surface area contributed by atoms with Crippen molar-refractivity contribution in [1.82, 2.24) is 9.97 Å². The van der Waals surface area contributed by atoms with E-state index in [0.29, 0.717) is 16.6 Å². The Labute approximate surface area is 139 Å². The molecule has 3 aromatic rings. The summed E-state index contributed by atoms with van der Waals surface area (Å²) < 4.78 is 0. The Morgan fingerprint density at radius 2 is 1.91 bits per heavy atom. The zero-order chi connectivity index (χ0) is 15.4. The molecule has 3 rings (SSSR count). The highest BCUT2D eigenvalue weighted by Crippen LogP contribution is 2.23. The summed E-state index contributed by atoms with van der Waals surface area (Å²) in [6, 6.07) is 13.7. The molecule has 0 saturated heterocycles. The Balaban J connectivity index is 1.75. The molecule has 0 aliphatic heterocycles. The van der Waals surface area contributed by atoms with Gasteiger partial charge in [-0.3, -0.25) is 0 Å². The van der Waals surface area contributed by atoms with Gasteiger partial charge in [-0.1, -0.05) is 47.5 Å².